The third kappa shape index (κ3) is 3.43. The molecule has 0 aromatic rings. The summed E-state index contributed by atoms with van der Waals surface area (Å²) in [7, 11) is 0. The molecular formula is C16H25NO5. The number of ether oxygens (including phenoxy) is 2. The number of hydrogen-bond acceptors (Lipinski definition) is 4. The quantitative estimate of drug-likeness (QED) is 0.827. The van der Waals surface area contributed by atoms with Crippen LogP contribution in [0.3, 0.4) is 0 Å². The first-order valence-electron chi connectivity index (χ1n) is 8.41. The molecule has 2 saturated heterocycles. The van der Waals surface area contributed by atoms with Crippen molar-refractivity contribution in [2.75, 3.05) is 6.61 Å². The highest BCUT2D eigenvalue weighted by atomic mass is 16.5. The van der Waals surface area contributed by atoms with Crippen LogP contribution >= 0.6 is 0 Å². The number of nitrogens with one attached hydrogen (secondary N) is 1. The lowest BCUT2D eigenvalue weighted by atomic mass is 9.78. The van der Waals surface area contributed by atoms with Crippen LogP contribution < -0.4 is 5.32 Å². The van der Waals surface area contributed by atoms with Crippen molar-refractivity contribution in [3.63, 3.8) is 0 Å². The number of carboxylic acid groups (broad SMARTS) is 1. The standard InChI is InChI=1S/C16H25NO5/c18-14(12-4-5-13(22-12)15(19)20)17-11-6-9-21-16(10-11)7-2-1-3-8-16/h11-13H,1-10H2,(H,17,18)(H,19,20)/t11?,12-,13+/m0/s1. The van der Waals surface area contributed by atoms with Gasteiger partial charge in [0.25, 0.3) is 0 Å². The molecule has 2 aliphatic heterocycles. The monoisotopic (exact) mass is 311 g/mol. The highest BCUT2D eigenvalue weighted by molar-refractivity contribution is 5.82. The zero-order chi connectivity index (χ0) is 15.6. The van der Waals surface area contributed by atoms with Crippen molar-refractivity contribution in [2.24, 2.45) is 0 Å². The van der Waals surface area contributed by atoms with E-state index in [-0.39, 0.29) is 17.6 Å². The minimum Gasteiger partial charge on any atom is -0.479 e. The number of amides is 1. The molecule has 22 heavy (non-hydrogen) atoms. The molecule has 0 aromatic carbocycles. The van der Waals surface area contributed by atoms with Crippen LogP contribution in [0.2, 0.25) is 0 Å². The fourth-order valence-corrected chi connectivity index (χ4v) is 4.00. The Labute approximate surface area is 130 Å². The first-order chi connectivity index (χ1) is 10.6. The van der Waals surface area contributed by atoms with E-state index >= 15 is 0 Å². The molecule has 2 N–H and O–H groups in total. The van der Waals surface area contributed by atoms with E-state index in [1.807, 2.05) is 0 Å². The van der Waals surface area contributed by atoms with Crippen molar-refractivity contribution in [1.82, 2.24) is 5.32 Å². The zero-order valence-corrected chi connectivity index (χ0v) is 12.9. The summed E-state index contributed by atoms with van der Waals surface area (Å²) in [5.41, 5.74) is -0.0470. The Morgan fingerprint density at radius 1 is 1.05 bits per heavy atom. The Kier molecular flexibility index (Phi) is 4.68. The van der Waals surface area contributed by atoms with Crippen molar-refractivity contribution in [1.29, 1.82) is 0 Å². The maximum Gasteiger partial charge on any atom is 0.332 e. The molecule has 1 spiro atoms. The van der Waals surface area contributed by atoms with Gasteiger partial charge in [-0.15, -0.1) is 0 Å². The first kappa shape index (κ1) is 15.7. The molecule has 6 nitrogen and oxygen atoms in total. The molecule has 1 aliphatic carbocycles. The van der Waals surface area contributed by atoms with Gasteiger partial charge >= 0.3 is 5.97 Å². The van der Waals surface area contributed by atoms with Crippen LogP contribution in [0.4, 0.5) is 0 Å². The van der Waals surface area contributed by atoms with E-state index in [2.05, 4.69) is 5.32 Å². The molecule has 0 aromatic heterocycles. The minimum atomic E-state index is -0.984. The SMILES string of the molecule is O=C(NC1CCOC2(CCCCC2)C1)[C@@H]1CC[C@H](C(=O)O)O1. The van der Waals surface area contributed by atoms with Gasteiger partial charge in [-0.25, -0.2) is 4.79 Å². The van der Waals surface area contributed by atoms with Crippen LogP contribution in [-0.4, -0.2) is 47.4 Å². The third-order valence-corrected chi connectivity index (χ3v) is 5.19. The Bertz CT molecular complexity index is 427. The van der Waals surface area contributed by atoms with E-state index in [4.69, 9.17) is 14.6 Å². The molecular weight excluding hydrogens is 286 g/mol. The molecule has 3 fully saturated rings. The normalized spacial score (nSPS) is 34.5. The van der Waals surface area contributed by atoms with E-state index in [0.29, 0.717) is 19.4 Å². The van der Waals surface area contributed by atoms with Gasteiger partial charge in [-0.05, 0) is 38.5 Å². The van der Waals surface area contributed by atoms with Gasteiger partial charge < -0.3 is 19.9 Å². The lowest BCUT2D eigenvalue weighted by Gasteiger charge is -2.43. The van der Waals surface area contributed by atoms with E-state index in [0.717, 1.165) is 25.7 Å². The fourth-order valence-electron chi connectivity index (χ4n) is 4.00. The van der Waals surface area contributed by atoms with Crippen molar-refractivity contribution in [3.8, 4) is 0 Å². The molecule has 1 unspecified atom stereocenters. The topological polar surface area (TPSA) is 84.9 Å². The second-order valence-electron chi connectivity index (χ2n) is 6.82. The molecule has 124 valence electrons. The minimum absolute atomic E-state index is 0.0470. The summed E-state index contributed by atoms with van der Waals surface area (Å²) >= 11 is 0. The van der Waals surface area contributed by atoms with Gasteiger partial charge in [-0.3, -0.25) is 4.79 Å². The van der Waals surface area contributed by atoms with E-state index in [9.17, 15) is 9.59 Å². The summed E-state index contributed by atoms with van der Waals surface area (Å²) in [5, 5.41) is 12.0. The van der Waals surface area contributed by atoms with Crippen molar-refractivity contribution < 1.29 is 24.2 Å². The average Bonchev–Trinajstić information content (AvgIpc) is 2.98. The number of aliphatic carboxylic acids is 1. The van der Waals surface area contributed by atoms with Crippen LogP contribution in [0, 0.1) is 0 Å². The number of carbonyl (C=O) groups excluding carboxylic acids is 1. The molecule has 1 saturated carbocycles. The Balaban J connectivity index is 1.52. The van der Waals surface area contributed by atoms with Crippen molar-refractivity contribution >= 4 is 11.9 Å². The number of carbonyl (C=O) groups is 2. The van der Waals surface area contributed by atoms with Crippen LogP contribution in [0.25, 0.3) is 0 Å². The largest absolute Gasteiger partial charge is 0.479 e. The summed E-state index contributed by atoms with van der Waals surface area (Å²) in [6, 6.07) is 0.117. The fraction of sp³-hybridized carbons (Fsp3) is 0.875. The number of hydrogen-bond donors (Lipinski definition) is 2. The summed E-state index contributed by atoms with van der Waals surface area (Å²) in [4.78, 5) is 23.2. The first-order valence-corrected chi connectivity index (χ1v) is 8.41. The summed E-state index contributed by atoms with van der Waals surface area (Å²) in [6.45, 7) is 0.689. The molecule has 0 radical (unpaired) electrons. The molecule has 3 aliphatic rings. The van der Waals surface area contributed by atoms with Gasteiger partial charge in [-0.1, -0.05) is 19.3 Å². The highest BCUT2D eigenvalue weighted by Crippen LogP contribution is 2.38. The molecule has 2 heterocycles. The Morgan fingerprint density at radius 2 is 1.77 bits per heavy atom. The summed E-state index contributed by atoms with van der Waals surface area (Å²) in [6.07, 6.45) is 6.97. The predicted octanol–water partition coefficient (Wildman–Crippen LogP) is 1.62. The van der Waals surface area contributed by atoms with Crippen LogP contribution in [-0.2, 0) is 19.1 Å². The predicted molar refractivity (Wildman–Crippen MR) is 78.5 cm³/mol. The number of rotatable bonds is 3. The smallest absolute Gasteiger partial charge is 0.332 e. The maximum absolute atomic E-state index is 12.3. The lowest BCUT2D eigenvalue weighted by Crippen LogP contribution is -2.51. The van der Waals surface area contributed by atoms with E-state index in [1.54, 1.807) is 0 Å². The van der Waals surface area contributed by atoms with Gasteiger partial charge in [0, 0.05) is 12.6 Å². The Morgan fingerprint density at radius 3 is 2.45 bits per heavy atom. The van der Waals surface area contributed by atoms with Gasteiger partial charge in [0.2, 0.25) is 5.91 Å². The lowest BCUT2D eigenvalue weighted by molar-refractivity contribution is -0.152. The van der Waals surface area contributed by atoms with Crippen LogP contribution in [0.5, 0.6) is 0 Å². The zero-order valence-electron chi connectivity index (χ0n) is 12.9. The molecule has 3 atom stereocenters. The van der Waals surface area contributed by atoms with Crippen LogP contribution in [0.15, 0.2) is 0 Å². The highest BCUT2D eigenvalue weighted by Gasteiger charge is 2.40. The van der Waals surface area contributed by atoms with Gasteiger partial charge in [0.1, 0.15) is 6.10 Å². The Hall–Kier alpha value is -1.14. The van der Waals surface area contributed by atoms with Crippen LogP contribution in [0.1, 0.15) is 57.8 Å². The van der Waals surface area contributed by atoms with E-state index in [1.165, 1.54) is 19.3 Å². The average molecular weight is 311 g/mol. The number of carboxylic acids is 1. The van der Waals surface area contributed by atoms with E-state index < -0.39 is 18.2 Å². The maximum atomic E-state index is 12.3. The molecule has 1 amide bonds. The summed E-state index contributed by atoms with van der Waals surface area (Å²) < 4.78 is 11.4. The second kappa shape index (κ2) is 6.54. The van der Waals surface area contributed by atoms with Crippen molar-refractivity contribution in [2.45, 2.75) is 81.6 Å². The second-order valence-corrected chi connectivity index (χ2v) is 6.82. The third-order valence-electron chi connectivity index (χ3n) is 5.19. The summed E-state index contributed by atoms with van der Waals surface area (Å²) in [5.74, 6) is -1.15. The molecule has 0 bridgehead atoms. The van der Waals surface area contributed by atoms with Gasteiger partial charge in [0.05, 0.1) is 5.60 Å². The molecule has 3 rings (SSSR count). The molecule has 6 heteroatoms. The van der Waals surface area contributed by atoms with Gasteiger partial charge in [0.15, 0.2) is 6.10 Å². The van der Waals surface area contributed by atoms with Crippen molar-refractivity contribution in [3.05, 3.63) is 0 Å². The van der Waals surface area contributed by atoms with Gasteiger partial charge in [-0.2, -0.15) is 0 Å².